The van der Waals surface area contributed by atoms with E-state index in [4.69, 9.17) is 27.6 Å². The molecule has 35 heavy (non-hydrogen) atoms. The minimum absolute atomic E-state index is 0.00371. The normalized spacial score (nSPS) is 17.9. The molecule has 10 heteroatoms. The Bertz CT molecular complexity index is 1190. The standard InChI is InChI=1S/C25H33Cl2N3O4S/c1-25(2,3)30-35(32,33)19-13-12-17(20(26)21(19)27)22-18(14-15-8-5-4-6-9-15)29-24(34-22)23(31)28-16-10-7-11-16/h12-13,15-16,30H,4-11,14H2,1-3H3,(H,28,31). The van der Waals surface area contributed by atoms with E-state index in [0.717, 1.165) is 32.1 Å². The molecule has 4 rings (SSSR count). The number of hydrogen-bond donors (Lipinski definition) is 2. The van der Waals surface area contributed by atoms with Gasteiger partial charge in [-0.05, 0) is 64.5 Å². The zero-order chi connectivity index (χ0) is 25.4. The molecule has 0 radical (unpaired) electrons. The maximum atomic E-state index is 12.9. The van der Waals surface area contributed by atoms with Crippen molar-refractivity contribution in [2.24, 2.45) is 5.92 Å². The number of halogens is 2. The smallest absolute Gasteiger partial charge is 0.307 e. The van der Waals surface area contributed by atoms with Gasteiger partial charge in [0.2, 0.25) is 10.0 Å². The van der Waals surface area contributed by atoms with Gasteiger partial charge in [-0.3, -0.25) is 4.79 Å². The second-order valence-electron chi connectivity index (χ2n) is 10.7. The molecule has 0 spiro atoms. The van der Waals surface area contributed by atoms with Gasteiger partial charge >= 0.3 is 5.91 Å². The Hall–Kier alpha value is -1.61. The van der Waals surface area contributed by atoms with Gasteiger partial charge in [-0.15, -0.1) is 0 Å². The summed E-state index contributed by atoms with van der Waals surface area (Å²) in [4.78, 5) is 17.3. The van der Waals surface area contributed by atoms with Gasteiger partial charge in [-0.25, -0.2) is 18.1 Å². The Morgan fingerprint density at radius 1 is 1.06 bits per heavy atom. The average Bonchev–Trinajstić information content (AvgIpc) is 3.15. The van der Waals surface area contributed by atoms with Gasteiger partial charge in [-0.1, -0.05) is 55.3 Å². The molecule has 2 fully saturated rings. The quantitative estimate of drug-likeness (QED) is 0.438. The summed E-state index contributed by atoms with van der Waals surface area (Å²) >= 11 is 13.1. The van der Waals surface area contributed by atoms with Crippen LogP contribution in [0.15, 0.2) is 21.4 Å². The summed E-state index contributed by atoms with van der Waals surface area (Å²) in [7, 11) is -3.90. The molecule has 2 aromatic rings. The number of benzene rings is 1. The third kappa shape index (κ3) is 6.21. The molecule has 7 nitrogen and oxygen atoms in total. The molecule has 0 unspecified atom stereocenters. The Balaban J connectivity index is 1.71. The minimum Gasteiger partial charge on any atom is -0.432 e. The molecule has 1 heterocycles. The highest BCUT2D eigenvalue weighted by Gasteiger charge is 2.30. The first-order valence-corrected chi connectivity index (χ1v) is 14.5. The van der Waals surface area contributed by atoms with Crippen LogP contribution in [0.3, 0.4) is 0 Å². The number of nitrogens with one attached hydrogen (secondary N) is 2. The van der Waals surface area contributed by atoms with Gasteiger partial charge in [0.15, 0.2) is 5.76 Å². The molecule has 1 aromatic heterocycles. The maximum absolute atomic E-state index is 12.9. The van der Waals surface area contributed by atoms with Crippen molar-refractivity contribution in [2.45, 2.75) is 95.0 Å². The van der Waals surface area contributed by atoms with E-state index >= 15 is 0 Å². The van der Waals surface area contributed by atoms with Crippen LogP contribution in [0, 0.1) is 5.92 Å². The molecule has 192 valence electrons. The van der Waals surface area contributed by atoms with Crippen LogP contribution in [0.2, 0.25) is 10.0 Å². The van der Waals surface area contributed by atoms with Crippen molar-refractivity contribution < 1.29 is 17.6 Å². The lowest BCUT2D eigenvalue weighted by Crippen LogP contribution is -2.40. The van der Waals surface area contributed by atoms with E-state index in [9.17, 15) is 13.2 Å². The molecule has 2 aliphatic rings. The lowest BCUT2D eigenvalue weighted by molar-refractivity contribution is 0.0882. The van der Waals surface area contributed by atoms with Crippen LogP contribution in [0.5, 0.6) is 0 Å². The third-order valence-electron chi connectivity index (χ3n) is 6.56. The van der Waals surface area contributed by atoms with Crippen molar-refractivity contribution in [3.8, 4) is 11.3 Å². The van der Waals surface area contributed by atoms with E-state index in [1.165, 1.54) is 25.3 Å². The number of oxazole rings is 1. The van der Waals surface area contributed by atoms with E-state index in [-0.39, 0.29) is 32.8 Å². The fourth-order valence-electron chi connectivity index (χ4n) is 4.63. The van der Waals surface area contributed by atoms with Crippen LogP contribution in [0.1, 0.15) is 88.5 Å². The van der Waals surface area contributed by atoms with Crippen LogP contribution in [0.25, 0.3) is 11.3 Å². The summed E-state index contributed by atoms with van der Waals surface area (Å²) in [6.45, 7) is 5.24. The summed E-state index contributed by atoms with van der Waals surface area (Å²) in [5.41, 5.74) is 0.387. The lowest BCUT2D eigenvalue weighted by Gasteiger charge is -2.25. The summed E-state index contributed by atoms with van der Waals surface area (Å²) < 4.78 is 34.3. The molecule has 1 amide bonds. The Morgan fingerprint density at radius 3 is 2.34 bits per heavy atom. The van der Waals surface area contributed by atoms with Crippen molar-refractivity contribution in [1.82, 2.24) is 15.0 Å². The van der Waals surface area contributed by atoms with Crippen LogP contribution in [-0.2, 0) is 16.4 Å². The van der Waals surface area contributed by atoms with Gasteiger partial charge in [0.25, 0.3) is 5.89 Å². The third-order valence-corrected chi connectivity index (χ3v) is 9.35. The number of carbonyl (C=O) groups is 1. The highest BCUT2D eigenvalue weighted by molar-refractivity contribution is 7.89. The van der Waals surface area contributed by atoms with Crippen molar-refractivity contribution in [1.29, 1.82) is 0 Å². The number of nitrogens with zero attached hydrogens (tertiary/aromatic N) is 1. The number of amides is 1. The number of aromatic nitrogens is 1. The van der Waals surface area contributed by atoms with Crippen molar-refractivity contribution in [3.05, 3.63) is 33.8 Å². The largest absolute Gasteiger partial charge is 0.432 e. The maximum Gasteiger partial charge on any atom is 0.307 e. The molecule has 0 aliphatic heterocycles. The molecule has 2 N–H and O–H groups in total. The fourth-order valence-corrected chi connectivity index (χ4v) is 6.91. The van der Waals surface area contributed by atoms with E-state index in [2.05, 4.69) is 15.0 Å². The molecular formula is C25H33Cl2N3O4S. The van der Waals surface area contributed by atoms with Crippen molar-refractivity contribution in [2.75, 3.05) is 0 Å². The summed E-state index contributed by atoms with van der Waals surface area (Å²) in [5, 5.41) is 2.92. The Morgan fingerprint density at radius 2 is 1.74 bits per heavy atom. The molecule has 0 bridgehead atoms. The van der Waals surface area contributed by atoms with Gasteiger partial charge < -0.3 is 9.73 Å². The number of rotatable bonds is 7. The summed E-state index contributed by atoms with van der Waals surface area (Å²) in [6, 6.07) is 3.14. The highest BCUT2D eigenvalue weighted by atomic mass is 35.5. The van der Waals surface area contributed by atoms with Crippen LogP contribution >= 0.6 is 23.2 Å². The second kappa shape index (κ2) is 10.4. The Kier molecular flexibility index (Phi) is 7.86. The van der Waals surface area contributed by atoms with E-state index in [0.29, 0.717) is 29.4 Å². The first-order valence-electron chi connectivity index (χ1n) is 12.3. The monoisotopic (exact) mass is 541 g/mol. The second-order valence-corrected chi connectivity index (χ2v) is 13.1. The lowest BCUT2D eigenvalue weighted by atomic mass is 9.85. The zero-order valence-electron chi connectivity index (χ0n) is 20.4. The van der Waals surface area contributed by atoms with Gasteiger partial charge in [0.1, 0.15) is 4.90 Å². The topological polar surface area (TPSA) is 101 Å². The molecule has 0 saturated heterocycles. The first kappa shape index (κ1) is 26.5. The predicted molar refractivity (Wildman–Crippen MR) is 137 cm³/mol. The molecule has 1 aromatic carbocycles. The summed E-state index contributed by atoms with van der Waals surface area (Å²) in [6.07, 6.45) is 9.44. The minimum atomic E-state index is -3.90. The summed E-state index contributed by atoms with van der Waals surface area (Å²) in [5.74, 6) is 0.464. The van der Waals surface area contributed by atoms with Crippen LogP contribution < -0.4 is 10.0 Å². The fraction of sp³-hybridized carbons (Fsp3) is 0.600. The molecule has 2 saturated carbocycles. The predicted octanol–water partition coefficient (Wildman–Crippen LogP) is 6.13. The van der Waals surface area contributed by atoms with Crippen molar-refractivity contribution in [3.63, 3.8) is 0 Å². The zero-order valence-corrected chi connectivity index (χ0v) is 22.7. The molecular weight excluding hydrogens is 509 g/mol. The van der Waals surface area contributed by atoms with Gasteiger partial charge in [0, 0.05) is 17.1 Å². The average molecular weight is 543 g/mol. The number of carbonyl (C=O) groups excluding carboxylic acids is 1. The van der Waals surface area contributed by atoms with Crippen LogP contribution in [0.4, 0.5) is 0 Å². The van der Waals surface area contributed by atoms with Crippen LogP contribution in [-0.4, -0.2) is 30.9 Å². The van der Waals surface area contributed by atoms with Crippen molar-refractivity contribution >= 4 is 39.1 Å². The van der Waals surface area contributed by atoms with Gasteiger partial charge in [0.05, 0.1) is 15.7 Å². The van der Waals surface area contributed by atoms with E-state index in [1.807, 2.05) is 0 Å². The molecule has 0 atom stereocenters. The number of sulfonamides is 1. The first-order chi connectivity index (χ1) is 16.4. The molecule has 2 aliphatic carbocycles. The Labute approximate surface area is 217 Å². The van der Waals surface area contributed by atoms with E-state index in [1.54, 1.807) is 26.8 Å². The van der Waals surface area contributed by atoms with E-state index < -0.39 is 15.6 Å². The SMILES string of the molecule is CC(C)(C)NS(=O)(=O)c1ccc(-c2oc(C(=O)NC3CCC3)nc2CC2CCCCC2)c(Cl)c1Cl. The highest BCUT2D eigenvalue weighted by Crippen LogP contribution is 2.41. The van der Waals surface area contributed by atoms with Gasteiger partial charge in [-0.2, -0.15) is 0 Å². The number of hydrogen-bond acceptors (Lipinski definition) is 5.